The summed E-state index contributed by atoms with van der Waals surface area (Å²) in [6.07, 6.45) is 1.78. The number of halogens is 1. The number of hydrogen-bond acceptors (Lipinski definition) is 3. The third-order valence-electron chi connectivity index (χ3n) is 2.99. The van der Waals surface area contributed by atoms with Crippen LogP contribution in [0.5, 0.6) is 5.88 Å². The van der Waals surface area contributed by atoms with Gasteiger partial charge in [-0.25, -0.2) is 4.98 Å². The topological polar surface area (TPSA) is 34.2 Å². The van der Waals surface area contributed by atoms with E-state index < -0.39 is 0 Å². The summed E-state index contributed by atoms with van der Waals surface area (Å²) in [6, 6.07) is 12.3. The molecule has 0 bridgehead atoms. The van der Waals surface area contributed by atoms with Gasteiger partial charge in [0.25, 0.3) is 0 Å². The Bertz CT molecular complexity index is 528. The minimum Gasteiger partial charge on any atom is -0.473 e. The zero-order valence-electron chi connectivity index (χ0n) is 11.1. The average molecular weight is 321 g/mol. The van der Waals surface area contributed by atoms with Gasteiger partial charge >= 0.3 is 0 Å². The molecule has 2 rings (SSSR count). The van der Waals surface area contributed by atoms with Gasteiger partial charge in [0, 0.05) is 22.8 Å². The highest BCUT2D eigenvalue weighted by Crippen LogP contribution is 2.17. The molecule has 4 heteroatoms. The van der Waals surface area contributed by atoms with Crippen LogP contribution >= 0.6 is 15.9 Å². The van der Waals surface area contributed by atoms with Crippen molar-refractivity contribution in [1.82, 2.24) is 10.3 Å². The molecule has 0 aliphatic rings. The normalized spacial score (nSPS) is 12.2. The van der Waals surface area contributed by atoms with Gasteiger partial charge in [-0.15, -0.1) is 0 Å². The lowest BCUT2D eigenvalue weighted by atomic mass is 10.1. The summed E-state index contributed by atoms with van der Waals surface area (Å²) in [7, 11) is 1.94. The van der Waals surface area contributed by atoms with Crippen molar-refractivity contribution in [3.63, 3.8) is 0 Å². The molecule has 100 valence electrons. The molecule has 2 aromatic rings. The molecule has 0 amide bonds. The van der Waals surface area contributed by atoms with Gasteiger partial charge in [-0.05, 0) is 43.3 Å². The van der Waals surface area contributed by atoms with Gasteiger partial charge in [0.1, 0.15) is 6.61 Å². The van der Waals surface area contributed by atoms with Crippen LogP contribution in [0.25, 0.3) is 0 Å². The molecular weight excluding hydrogens is 304 g/mol. The second kappa shape index (κ2) is 6.68. The van der Waals surface area contributed by atoms with E-state index in [4.69, 9.17) is 4.74 Å². The number of nitrogens with one attached hydrogen (secondary N) is 1. The van der Waals surface area contributed by atoms with Crippen LogP contribution in [-0.2, 0) is 6.61 Å². The van der Waals surface area contributed by atoms with Gasteiger partial charge in [-0.1, -0.05) is 28.1 Å². The fraction of sp³-hybridized carbons (Fsp3) is 0.267. The van der Waals surface area contributed by atoms with Crippen LogP contribution < -0.4 is 10.1 Å². The molecule has 19 heavy (non-hydrogen) atoms. The second-order valence-electron chi connectivity index (χ2n) is 4.35. The molecule has 0 fully saturated rings. The van der Waals surface area contributed by atoms with Gasteiger partial charge in [-0.3, -0.25) is 0 Å². The molecule has 1 N–H and O–H groups in total. The standard InChI is InChI=1S/C15H17BrN2O/c1-11(17-2)13-7-8-18-15(9-13)19-10-12-3-5-14(16)6-4-12/h3-9,11,17H,10H2,1-2H3. The van der Waals surface area contributed by atoms with E-state index in [0.717, 1.165) is 10.0 Å². The quantitative estimate of drug-likeness (QED) is 0.912. The van der Waals surface area contributed by atoms with Crippen LogP contribution in [0.4, 0.5) is 0 Å². The number of aromatic nitrogens is 1. The summed E-state index contributed by atoms with van der Waals surface area (Å²) in [5, 5.41) is 3.20. The summed E-state index contributed by atoms with van der Waals surface area (Å²) in [6.45, 7) is 2.63. The van der Waals surface area contributed by atoms with Crippen molar-refractivity contribution >= 4 is 15.9 Å². The van der Waals surface area contributed by atoms with Crippen molar-refractivity contribution in [2.75, 3.05) is 7.05 Å². The minimum atomic E-state index is 0.290. The first-order valence-corrected chi connectivity index (χ1v) is 6.99. The maximum atomic E-state index is 5.71. The van der Waals surface area contributed by atoms with Crippen LogP contribution in [0.15, 0.2) is 47.1 Å². The zero-order valence-corrected chi connectivity index (χ0v) is 12.6. The number of ether oxygens (including phenoxy) is 1. The summed E-state index contributed by atoms with van der Waals surface area (Å²) in [4.78, 5) is 4.23. The molecule has 1 unspecified atom stereocenters. The first-order valence-electron chi connectivity index (χ1n) is 6.19. The number of nitrogens with zero attached hydrogens (tertiary/aromatic N) is 1. The van der Waals surface area contributed by atoms with E-state index in [2.05, 4.69) is 33.2 Å². The van der Waals surface area contributed by atoms with Crippen LogP contribution in [0, 0.1) is 0 Å². The van der Waals surface area contributed by atoms with Gasteiger partial charge in [-0.2, -0.15) is 0 Å². The van der Waals surface area contributed by atoms with Gasteiger partial charge in [0.15, 0.2) is 0 Å². The summed E-state index contributed by atoms with van der Waals surface area (Å²) < 4.78 is 6.78. The minimum absolute atomic E-state index is 0.290. The first kappa shape index (κ1) is 14.0. The number of benzene rings is 1. The Kier molecular flexibility index (Phi) is 4.93. The number of rotatable bonds is 5. The maximum Gasteiger partial charge on any atom is 0.213 e. The molecule has 0 radical (unpaired) electrons. The maximum absolute atomic E-state index is 5.71. The lowest BCUT2D eigenvalue weighted by molar-refractivity contribution is 0.293. The molecule has 1 atom stereocenters. The zero-order chi connectivity index (χ0) is 13.7. The molecule has 0 aliphatic carbocycles. The molecule has 0 saturated carbocycles. The van der Waals surface area contributed by atoms with Crippen molar-refractivity contribution in [3.8, 4) is 5.88 Å². The van der Waals surface area contributed by atoms with E-state index in [0.29, 0.717) is 12.5 Å². The monoisotopic (exact) mass is 320 g/mol. The highest BCUT2D eigenvalue weighted by atomic mass is 79.9. The Morgan fingerprint density at radius 3 is 2.68 bits per heavy atom. The fourth-order valence-electron chi connectivity index (χ4n) is 1.68. The largest absolute Gasteiger partial charge is 0.473 e. The SMILES string of the molecule is CNC(C)c1ccnc(OCc2ccc(Br)cc2)c1. The smallest absolute Gasteiger partial charge is 0.213 e. The third kappa shape index (κ3) is 4.04. The van der Waals surface area contributed by atoms with Gasteiger partial charge in [0.2, 0.25) is 5.88 Å². The highest BCUT2D eigenvalue weighted by Gasteiger charge is 2.04. The van der Waals surface area contributed by atoms with Crippen molar-refractivity contribution in [2.24, 2.45) is 0 Å². The lowest BCUT2D eigenvalue weighted by Gasteiger charge is -2.12. The highest BCUT2D eigenvalue weighted by molar-refractivity contribution is 9.10. The van der Waals surface area contributed by atoms with Crippen molar-refractivity contribution in [1.29, 1.82) is 0 Å². The van der Waals surface area contributed by atoms with E-state index in [1.165, 1.54) is 5.56 Å². The Balaban J connectivity index is 2.01. The first-order chi connectivity index (χ1) is 9.19. The van der Waals surface area contributed by atoms with E-state index in [1.807, 2.05) is 43.4 Å². The van der Waals surface area contributed by atoms with Gasteiger partial charge < -0.3 is 10.1 Å². The van der Waals surface area contributed by atoms with Gasteiger partial charge in [0.05, 0.1) is 0 Å². The number of pyridine rings is 1. The number of hydrogen-bond donors (Lipinski definition) is 1. The van der Waals surface area contributed by atoms with Crippen molar-refractivity contribution < 1.29 is 4.74 Å². The predicted molar refractivity (Wildman–Crippen MR) is 80.2 cm³/mol. The van der Waals surface area contributed by atoms with E-state index in [-0.39, 0.29) is 6.04 Å². The van der Waals surface area contributed by atoms with Crippen LogP contribution in [0.1, 0.15) is 24.1 Å². The molecule has 1 aromatic carbocycles. The lowest BCUT2D eigenvalue weighted by Crippen LogP contribution is -2.12. The summed E-state index contributed by atoms with van der Waals surface area (Å²) >= 11 is 3.41. The summed E-state index contributed by atoms with van der Waals surface area (Å²) in [5.74, 6) is 0.655. The Morgan fingerprint density at radius 2 is 2.00 bits per heavy atom. The third-order valence-corrected chi connectivity index (χ3v) is 3.52. The Labute approximate surface area is 122 Å². The average Bonchev–Trinajstić information content (AvgIpc) is 2.46. The fourth-order valence-corrected chi connectivity index (χ4v) is 1.94. The molecular formula is C15H17BrN2O. The van der Waals surface area contributed by atoms with E-state index >= 15 is 0 Å². The van der Waals surface area contributed by atoms with Crippen LogP contribution in [-0.4, -0.2) is 12.0 Å². The Morgan fingerprint density at radius 1 is 1.26 bits per heavy atom. The van der Waals surface area contributed by atoms with E-state index in [9.17, 15) is 0 Å². The molecule has 0 saturated heterocycles. The molecule has 0 spiro atoms. The summed E-state index contributed by atoms with van der Waals surface area (Å²) in [5.41, 5.74) is 2.29. The molecule has 1 heterocycles. The predicted octanol–water partition coefficient (Wildman–Crippen LogP) is 3.70. The Hall–Kier alpha value is -1.39. The van der Waals surface area contributed by atoms with Crippen LogP contribution in [0.2, 0.25) is 0 Å². The van der Waals surface area contributed by atoms with E-state index in [1.54, 1.807) is 6.20 Å². The van der Waals surface area contributed by atoms with Crippen LogP contribution in [0.3, 0.4) is 0 Å². The van der Waals surface area contributed by atoms with Crippen molar-refractivity contribution in [3.05, 3.63) is 58.2 Å². The molecule has 0 aliphatic heterocycles. The molecule has 3 nitrogen and oxygen atoms in total. The van der Waals surface area contributed by atoms with Crippen molar-refractivity contribution in [2.45, 2.75) is 19.6 Å². The molecule has 1 aromatic heterocycles. The second-order valence-corrected chi connectivity index (χ2v) is 5.27.